The molecule has 0 spiro atoms. The largest absolute Gasteiger partial charge is 0.336 e. The van der Waals surface area contributed by atoms with Crippen LogP contribution < -0.4 is 5.73 Å². The van der Waals surface area contributed by atoms with E-state index < -0.39 is 0 Å². The molecule has 2 atom stereocenters. The summed E-state index contributed by atoms with van der Waals surface area (Å²) in [6.45, 7) is 5.52. The van der Waals surface area contributed by atoms with E-state index in [0.717, 1.165) is 24.1 Å². The fourth-order valence-electron chi connectivity index (χ4n) is 3.22. The van der Waals surface area contributed by atoms with Crippen LogP contribution in [0.2, 0.25) is 0 Å². The summed E-state index contributed by atoms with van der Waals surface area (Å²) in [5, 5.41) is 0. The molecule has 2 heterocycles. The van der Waals surface area contributed by atoms with Gasteiger partial charge in [-0.25, -0.2) is 0 Å². The average Bonchev–Trinajstić information content (AvgIpc) is 2.96. The van der Waals surface area contributed by atoms with Gasteiger partial charge in [0.25, 0.3) is 5.91 Å². The van der Waals surface area contributed by atoms with E-state index in [9.17, 15) is 4.79 Å². The molecule has 4 nitrogen and oxygen atoms in total. The van der Waals surface area contributed by atoms with Crippen LogP contribution in [0.4, 0.5) is 0 Å². The molecule has 0 bridgehead atoms. The van der Waals surface area contributed by atoms with Gasteiger partial charge >= 0.3 is 0 Å². The number of carbonyl (C=O) groups excluding carboxylic acids is 1. The molecule has 25 heavy (non-hydrogen) atoms. The van der Waals surface area contributed by atoms with Crippen LogP contribution in [0.1, 0.15) is 29.3 Å². The van der Waals surface area contributed by atoms with Gasteiger partial charge in [-0.1, -0.05) is 29.8 Å². The Morgan fingerprint density at radius 1 is 1.20 bits per heavy atom. The highest BCUT2D eigenvalue weighted by Gasteiger charge is 2.32. The first-order valence-electron chi connectivity index (χ1n) is 8.11. The third-order valence-electron chi connectivity index (χ3n) is 4.63. The molecule has 1 aromatic carbocycles. The smallest absolute Gasteiger partial charge is 0.255 e. The van der Waals surface area contributed by atoms with E-state index in [-0.39, 0.29) is 36.8 Å². The molecular formula is C19H25Cl2N3O. The molecule has 0 radical (unpaired) electrons. The summed E-state index contributed by atoms with van der Waals surface area (Å²) >= 11 is 0. The summed E-state index contributed by atoms with van der Waals surface area (Å²) in [7, 11) is 0. The average molecular weight is 382 g/mol. The number of amides is 1. The number of pyridine rings is 1. The van der Waals surface area contributed by atoms with Crippen molar-refractivity contribution in [3.05, 3.63) is 53.9 Å². The number of rotatable bonds is 3. The highest BCUT2D eigenvalue weighted by molar-refractivity contribution is 5.95. The third-order valence-corrected chi connectivity index (χ3v) is 4.63. The third kappa shape index (κ3) is 4.72. The van der Waals surface area contributed by atoms with Gasteiger partial charge in [-0.05, 0) is 44.4 Å². The first-order valence-corrected chi connectivity index (χ1v) is 8.11. The topological polar surface area (TPSA) is 59.2 Å². The number of halogens is 2. The molecule has 136 valence electrons. The van der Waals surface area contributed by atoms with Crippen molar-refractivity contribution in [1.82, 2.24) is 9.88 Å². The van der Waals surface area contributed by atoms with Crippen molar-refractivity contribution >= 4 is 30.7 Å². The fraction of sp³-hybridized carbons (Fsp3) is 0.368. The van der Waals surface area contributed by atoms with Crippen LogP contribution in [0.3, 0.4) is 0 Å². The minimum absolute atomic E-state index is 0. The molecule has 6 heteroatoms. The van der Waals surface area contributed by atoms with Crippen molar-refractivity contribution in [1.29, 1.82) is 0 Å². The predicted molar refractivity (Wildman–Crippen MR) is 107 cm³/mol. The van der Waals surface area contributed by atoms with Crippen LogP contribution in [-0.4, -0.2) is 34.9 Å². The number of nitrogens with two attached hydrogens (primary N) is 1. The lowest BCUT2D eigenvalue weighted by molar-refractivity contribution is 0.0743. The Hall–Kier alpha value is -1.62. The highest BCUT2D eigenvalue weighted by atomic mass is 35.5. The Labute approximate surface area is 161 Å². The molecule has 2 aromatic rings. The van der Waals surface area contributed by atoms with Crippen LogP contribution in [0.25, 0.3) is 11.1 Å². The zero-order chi connectivity index (χ0) is 16.4. The number of likely N-dealkylation sites (tertiary alicyclic amines) is 1. The number of carbonyl (C=O) groups is 1. The number of hydrogen-bond acceptors (Lipinski definition) is 3. The maximum absolute atomic E-state index is 12.8. The Balaban J connectivity index is 0.00000156. The molecular weight excluding hydrogens is 357 g/mol. The van der Waals surface area contributed by atoms with Gasteiger partial charge in [-0.3, -0.25) is 9.78 Å². The zero-order valence-electron chi connectivity index (χ0n) is 14.5. The van der Waals surface area contributed by atoms with E-state index in [1.807, 2.05) is 11.0 Å². The van der Waals surface area contributed by atoms with E-state index >= 15 is 0 Å². The summed E-state index contributed by atoms with van der Waals surface area (Å²) in [6.07, 6.45) is 4.44. The lowest BCUT2D eigenvalue weighted by Crippen LogP contribution is -2.34. The fourth-order valence-corrected chi connectivity index (χ4v) is 3.22. The highest BCUT2D eigenvalue weighted by Crippen LogP contribution is 2.25. The summed E-state index contributed by atoms with van der Waals surface area (Å²) in [5.41, 5.74) is 9.67. The van der Waals surface area contributed by atoms with E-state index in [1.165, 1.54) is 5.56 Å². The molecule has 2 N–H and O–H groups in total. The normalized spacial score (nSPS) is 19.1. The van der Waals surface area contributed by atoms with Crippen molar-refractivity contribution in [3.8, 4) is 11.1 Å². The Bertz CT molecular complexity index is 706. The first kappa shape index (κ1) is 21.4. The molecule has 1 amide bonds. The van der Waals surface area contributed by atoms with E-state index in [4.69, 9.17) is 5.73 Å². The number of hydrogen-bond donors (Lipinski definition) is 1. The zero-order valence-corrected chi connectivity index (χ0v) is 16.1. The van der Waals surface area contributed by atoms with Gasteiger partial charge in [-0.15, -0.1) is 24.8 Å². The summed E-state index contributed by atoms with van der Waals surface area (Å²) in [6, 6.07) is 10.4. The Kier molecular flexibility index (Phi) is 7.87. The van der Waals surface area contributed by atoms with Crippen LogP contribution >= 0.6 is 24.8 Å². The molecule has 0 saturated carbocycles. The number of nitrogens with zero attached hydrogens (tertiary/aromatic N) is 2. The second-order valence-corrected chi connectivity index (χ2v) is 6.47. The number of benzene rings is 1. The van der Waals surface area contributed by atoms with Crippen LogP contribution in [0, 0.1) is 12.8 Å². The Morgan fingerprint density at radius 2 is 1.88 bits per heavy atom. The van der Waals surface area contributed by atoms with Gasteiger partial charge in [0.2, 0.25) is 0 Å². The molecule has 0 aliphatic carbocycles. The Morgan fingerprint density at radius 3 is 2.48 bits per heavy atom. The van der Waals surface area contributed by atoms with Gasteiger partial charge in [0, 0.05) is 30.5 Å². The molecule has 3 rings (SSSR count). The maximum atomic E-state index is 12.8. The second-order valence-electron chi connectivity index (χ2n) is 6.47. The summed E-state index contributed by atoms with van der Waals surface area (Å²) in [4.78, 5) is 19.0. The monoisotopic (exact) mass is 381 g/mol. The van der Waals surface area contributed by atoms with Gasteiger partial charge < -0.3 is 10.6 Å². The van der Waals surface area contributed by atoms with Gasteiger partial charge in [0.1, 0.15) is 0 Å². The lowest BCUT2D eigenvalue weighted by Gasteiger charge is -2.21. The molecule has 1 saturated heterocycles. The minimum atomic E-state index is 0. The van der Waals surface area contributed by atoms with Crippen molar-refractivity contribution in [2.45, 2.75) is 26.3 Å². The SMILES string of the molecule is Cc1ccc(-c2cncc(C(=O)N3CC(CN)CC3C)c2)cc1.Cl.Cl. The summed E-state index contributed by atoms with van der Waals surface area (Å²) in [5.74, 6) is 0.456. The van der Waals surface area contributed by atoms with Crippen molar-refractivity contribution in [2.24, 2.45) is 11.7 Å². The molecule has 1 aromatic heterocycles. The van der Waals surface area contributed by atoms with Crippen molar-refractivity contribution < 1.29 is 4.79 Å². The maximum Gasteiger partial charge on any atom is 0.255 e. The number of aromatic nitrogens is 1. The van der Waals surface area contributed by atoms with Crippen LogP contribution in [0.5, 0.6) is 0 Å². The van der Waals surface area contributed by atoms with Crippen LogP contribution in [0.15, 0.2) is 42.7 Å². The van der Waals surface area contributed by atoms with Crippen LogP contribution in [-0.2, 0) is 0 Å². The first-order chi connectivity index (χ1) is 11.1. The van der Waals surface area contributed by atoms with Gasteiger partial charge in [-0.2, -0.15) is 0 Å². The number of aryl methyl sites for hydroxylation is 1. The summed E-state index contributed by atoms with van der Waals surface area (Å²) < 4.78 is 0. The predicted octanol–water partition coefficient (Wildman–Crippen LogP) is 3.71. The van der Waals surface area contributed by atoms with E-state index in [1.54, 1.807) is 12.4 Å². The van der Waals surface area contributed by atoms with Gasteiger partial charge in [0.05, 0.1) is 5.56 Å². The molecule has 1 aliphatic heterocycles. The minimum Gasteiger partial charge on any atom is -0.336 e. The second kappa shape index (κ2) is 9.18. The van der Waals surface area contributed by atoms with E-state index in [0.29, 0.717) is 18.0 Å². The standard InChI is InChI=1S/C19H23N3O.2ClH/c1-13-3-5-16(6-4-13)17-8-18(11-21-10-17)19(23)22-12-15(9-20)7-14(22)2;;/h3-6,8,10-11,14-15H,7,9,12,20H2,1-2H3;2*1H. The molecule has 1 aliphatic rings. The lowest BCUT2D eigenvalue weighted by atomic mass is 10.0. The quantitative estimate of drug-likeness (QED) is 0.881. The van der Waals surface area contributed by atoms with Crippen molar-refractivity contribution in [3.63, 3.8) is 0 Å². The van der Waals surface area contributed by atoms with Crippen molar-refractivity contribution in [2.75, 3.05) is 13.1 Å². The molecule has 1 fully saturated rings. The molecule has 2 unspecified atom stereocenters. The van der Waals surface area contributed by atoms with E-state index in [2.05, 4.69) is 43.1 Å². The van der Waals surface area contributed by atoms with Gasteiger partial charge in [0.15, 0.2) is 0 Å².